The number of hydrogen-bond donors (Lipinski definition) is 2. The number of benzene rings is 2. The van der Waals surface area contributed by atoms with E-state index in [9.17, 15) is 24.3 Å². The Morgan fingerprint density at radius 1 is 0.846 bits per heavy atom. The quantitative estimate of drug-likeness (QED) is 0.449. The van der Waals surface area contributed by atoms with E-state index in [1.165, 1.54) is 23.9 Å². The zero-order valence-electron chi connectivity index (χ0n) is 23.9. The molecule has 9 heteroatoms. The van der Waals surface area contributed by atoms with Crippen LogP contribution in [0.2, 0.25) is 0 Å². The second-order valence-electron chi connectivity index (χ2n) is 11.0. The van der Waals surface area contributed by atoms with Crippen LogP contribution in [0.4, 0.5) is 4.79 Å². The molecule has 2 aromatic rings. The van der Waals surface area contributed by atoms with Crippen LogP contribution in [0.3, 0.4) is 0 Å². The number of nitrogens with one attached hydrogen (secondary N) is 1. The van der Waals surface area contributed by atoms with Gasteiger partial charge in [-0.25, -0.2) is 9.59 Å². The van der Waals surface area contributed by atoms with Crippen molar-refractivity contribution in [3.63, 3.8) is 0 Å². The van der Waals surface area contributed by atoms with E-state index in [1.807, 2.05) is 48.5 Å². The van der Waals surface area contributed by atoms with Gasteiger partial charge in [0.2, 0.25) is 11.8 Å². The molecule has 0 saturated carbocycles. The van der Waals surface area contributed by atoms with Gasteiger partial charge in [0.1, 0.15) is 23.7 Å². The van der Waals surface area contributed by atoms with E-state index < -0.39 is 47.6 Å². The molecule has 9 nitrogen and oxygen atoms in total. The molecule has 2 rings (SSSR count). The molecule has 0 heterocycles. The van der Waals surface area contributed by atoms with E-state index >= 15 is 0 Å². The van der Waals surface area contributed by atoms with Crippen molar-refractivity contribution >= 4 is 23.9 Å². The first-order valence-corrected chi connectivity index (χ1v) is 13.0. The maximum atomic E-state index is 13.7. The second kappa shape index (κ2) is 13.8. The molecule has 0 fully saturated rings. The normalized spacial score (nSPS) is 13.6. The highest BCUT2D eigenvalue weighted by Crippen LogP contribution is 2.17. The van der Waals surface area contributed by atoms with Crippen LogP contribution in [0.1, 0.15) is 45.7 Å². The summed E-state index contributed by atoms with van der Waals surface area (Å²) in [6, 6.07) is 15.1. The highest BCUT2D eigenvalue weighted by molar-refractivity contribution is 5.93. The lowest BCUT2D eigenvalue weighted by molar-refractivity contribution is -0.150. The molecule has 0 aliphatic carbocycles. The number of carboxylic acid groups (broad SMARTS) is 1. The Morgan fingerprint density at radius 2 is 1.33 bits per heavy atom. The van der Waals surface area contributed by atoms with E-state index in [0.717, 1.165) is 11.1 Å². The van der Waals surface area contributed by atoms with Crippen molar-refractivity contribution in [2.75, 3.05) is 14.1 Å². The van der Waals surface area contributed by atoms with Crippen molar-refractivity contribution in [2.24, 2.45) is 5.92 Å². The number of likely N-dealkylation sites (N-methyl/N-ethyl adjacent to an activating group) is 2. The average molecular weight is 540 g/mol. The fourth-order valence-electron chi connectivity index (χ4n) is 4.31. The highest BCUT2D eigenvalue weighted by Gasteiger charge is 2.37. The third-order valence-corrected chi connectivity index (χ3v) is 6.27. The molecule has 0 bridgehead atoms. The minimum atomic E-state index is -1.15. The van der Waals surface area contributed by atoms with Crippen molar-refractivity contribution in [2.45, 2.75) is 71.2 Å². The molecule has 0 aliphatic heterocycles. The zero-order valence-corrected chi connectivity index (χ0v) is 23.9. The van der Waals surface area contributed by atoms with Gasteiger partial charge in [-0.3, -0.25) is 14.5 Å². The maximum absolute atomic E-state index is 13.7. The molecular weight excluding hydrogens is 498 g/mol. The van der Waals surface area contributed by atoms with Gasteiger partial charge < -0.3 is 20.1 Å². The number of carbonyl (C=O) groups is 4. The molecule has 0 saturated heterocycles. The van der Waals surface area contributed by atoms with Gasteiger partial charge in [-0.1, -0.05) is 74.5 Å². The van der Waals surface area contributed by atoms with Gasteiger partial charge in [-0.2, -0.15) is 0 Å². The summed E-state index contributed by atoms with van der Waals surface area (Å²) in [5.74, 6) is -2.52. The number of hydrogen-bond acceptors (Lipinski definition) is 5. The smallest absolute Gasteiger partial charge is 0.410 e. The molecule has 2 aromatic carbocycles. The lowest BCUT2D eigenvalue weighted by Crippen LogP contribution is -2.58. The number of carbonyl (C=O) groups excluding carboxylic acids is 3. The van der Waals surface area contributed by atoms with Crippen LogP contribution in [-0.4, -0.2) is 76.6 Å². The summed E-state index contributed by atoms with van der Waals surface area (Å²) in [5, 5.41) is 12.8. The molecule has 0 radical (unpaired) electrons. The number of amides is 3. The molecule has 39 heavy (non-hydrogen) atoms. The van der Waals surface area contributed by atoms with Crippen LogP contribution >= 0.6 is 0 Å². The van der Waals surface area contributed by atoms with Crippen molar-refractivity contribution in [1.29, 1.82) is 0 Å². The molecular formula is C30H41N3O6. The minimum Gasteiger partial charge on any atom is -0.480 e. The lowest BCUT2D eigenvalue weighted by atomic mass is 9.99. The topological polar surface area (TPSA) is 116 Å². The van der Waals surface area contributed by atoms with Crippen molar-refractivity contribution in [1.82, 2.24) is 15.1 Å². The standard InChI is InChI=1S/C30H41N3O6/c1-20(2)25(33(7)29(38)39-30(3,4)5)26(34)31-23(18-21-14-10-8-11-15-21)27(35)32(6)24(28(36)37)19-22-16-12-9-13-17-22/h8-17,20,23-25H,18-19H2,1-7H3,(H,31,34)(H,36,37)/t23-,24-,25-/m0/s1. The molecule has 3 atom stereocenters. The van der Waals surface area contributed by atoms with E-state index in [2.05, 4.69) is 5.32 Å². The van der Waals surface area contributed by atoms with E-state index in [4.69, 9.17) is 4.74 Å². The lowest BCUT2D eigenvalue weighted by Gasteiger charge is -2.34. The fourth-order valence-corrected chi connectivity index (χ4v) is 4.31. The second-order valence-corrected chi connectivity index (χ2v) is 11.0. The van der Waals surface area contributed by atoms with Crippen molar-refractivity contribution < 1.29 is 29.0 Å². The Labute approximate surface area is 231 Å². The van der Waals surface area contributed by atoms with Crippen LogP contribution in [-0.2, 0) is 32.0 Å². The van der Waals surface area contributed by atoms with Crippen LogP contribution in [0.5, 0.6) is 0 Å². The molecule has 2 N–H and O–H groups in total. The van der Waals surface area contributed by atoms with Crippen LogP contribution < -0.4 is 5.32 Å². The van der Waals surface area contributed by atoms with Gasteiger partial charge in [-0.15, -0.1) is 0 Å². The molecule has 0 spiro atoms. The summed E-state index contributed by atoms with van der Waals surface area (Å²) in [5.41, 5.74) is 0.816. The summed E-state index contributed by atoms with van der Waals surface area (Å²) in [6.07, 6.45) is -0.400. The van der Waals surface area contributed by atoms with Gasteiger partial charge in [0.15, 0.2) is 0 Å². The monoisotopic (exact) mass is 539 g/mol. The third kappa shape index (κ3) is 9.42. The fraction of sp³-hybridized carbons (Fsp3) is 0.467. The number of carboxylic acids is 1. The Hall–Kier alpha value is -3.88. The summed E-state index contributed by atoms with van der Waals surface area (Å²) in [6.45, 7) is 8.81. The Bertz CT molecular complexity index is 1110. The number of ether oxygens (including phenoxy) is 1. The summed E-state index contributed by atoms with van der Waals surface area (Å²) in [4.78, 5) is 54.7. The van der Waals surface area contributed by atoms with Gasteiger partial charge >= 0.3 is 12.1 Å². The van der Waals surface area contributed by atoms with Crippen LogP contribution in [0.25, 0.3) is 0 Å². The third-order valence-electron chi connectivity index (χ3n) is 6.27. The van der Waals surface area contributed by atoms with E-state index in [-0.39, 0.29) is 18.8 Å². The first-order valence-electron chi connectivity index (χ1n) is 13.0. The summed E-state index contributed by atoms with van der Waals surface area (Å²) in [7, 11) is 2.92. The Morgan fingerprint density at radius 3 is 1.77 bits per heavy atom. The van der Waals surface area contributed by atoms with Gasteiger partial charge in [0, 0.05) is 26.9 Å². The SMILES string of the molecule is CC(C)[C@@H](C(=O)N[C@@H](Cc1ccccc1)C(=O)N(C)[C@@H](Cc1ccccc1)C(=O)O)N(C)C(=O)OC(C)(C)C. The highest BCUT2D eigenvalue weighted by atomic mass is 16.6. The van der Waals surface area contributed by atoms with Crippen LogP contribution in [0, 0.1) is 5.92 Å². The molecule has 0 unspecified atom stereocenters. The van der Waals surface area contributed by atoms with Gasteiger partial charge in [-0.05, 0) is 37.8 Å². The first-order chi connectivity index (χ1) is 18.2. The summed E-state index contributed by atoms with van der Waals surface area (Å²) < 4.78 is 5.45. The van der Waals surface area contributed by atoms with Crippen molar-refractivity contribution in [3.05, 3.63) is 71.8 Å². The van der Waals surface area contributed by atoms with E-state index in [0.29, 0.717) is 0 Å². The van der Waals surface area contributed by atoms with Gasteiger partial charge in [0.05, 0.1) is 0 Å². The first kappa shape index (κ1) is 31.3. The summed E-state index contributed by atoms with van der Waals surface area (Å²) >= 11 is 0. The molecule has 212 valence electrons. The van der Waals surface area contributed by atoms with E-state index in [1.54, 1.807) is 46.8 Å². The van der Waals surface area contributed by atoms with Crippen LogP contribution in [0.15, 0.2) is 60.7 Å². The van der Waals surface area contributed by atoms with Gasteiger partial charge in [0.25, 0.3) is 0 Å². The average Bonchev–Trinajstić information content (AvgIpc) is 2.86. The molecule has 0 aromatic heterocycles. The number of aliphatic carboxylic acids is 1. The number of nitrogens with zero attached hydrogens (tertiary/aromatic N) is 2. The molecule has 3 amide bonds. The van der Waals surface area contributed by atoms with Crippen molar-refractivity contribution in [3.8, 4) is 0 Å². The Balaban J connectivity index is 2.34. The minimum absolute atomic E-state index is 0.112. The predicted molar refractivity (Wildman–Crippen MR) is 149 cm³/mol. The maximum Gasteiger partial charge on any atom is 0.410 e. The molecule has 0 aliphatic rings. The predicted octanol–water partition coefficient (Wildman–Crippen LogP) is 3.76. The zero-order chi connectivity index (χ0) is 29.3. The Kier molecular flexibility index (Phi) is 11.1. The number of rotatable bonds is 11. The largest absolute Gasteiger partial charge is 0.480 e.